The molecule has 1 aliphatic rings. The molecule has 1 aromatic carbocycles. The Hall–Kier alpha value is -1.03. The lowest BCUT2D eigenvalue weighted by Gasteiger charge is -2.25. The first-order chi connectivity index (χ1) is 9.04. The number of rotatable bonds is 6. The summed E-state index contributed by atoms with van der Waals surface area (Å²) in [6.07, 6.45) is 4.36. The molecule has 2 rings (SSSR count). The Balaban J connectivity index is 1.99. The van der Waals surface area contributed by atoms with Gasteiger partial charge in [-0.25, -0.2) is 0 Å². The fraction of sp³-hybridized carbons (Fsp3) is 0.533. The highest BCUT2D eigenvalue weighted by atomic mass is 79.9. The van der Waals surface area contributed by atoms with Crippen molar-refractivity contribution < 1.29 is 14.6 Å². The Kier molecular flexibility index (Phi) is 4.86. The summed E-state index contributed by atoms with van der Waals surface area (Å²) in [5, 5.41) is 8.95. The van der Waals surface area contributed by atoms with Crippen molar-refractivity contribution in [1.82, 2.24) is 0 Å². The van der Waals surface area contributed by atoms with Gasteiger partial charge in [-0.2, -0.15) is 0 Å². The highest BCUT2D eigenvalue weighted by Crippen LogP contribution is 2.29. The van der Waals surface area contributed by atoms with Crippen molar-refractivity contribution in [3.05, 3.63) is 28.2 Å². The number of carboxylic acids is 1. The summed E-state index contributed by atoms with van der Waals surface area (Å²) in [5.74, 6) is 0.375. The van der Waals surface area contributed by atoms with E-state index in [9.17, 15) is 4.79 Å². The van der Waals surface area contributed by atoms with Gasteiger partial charge in [0.25, 0.3) is 0 Å². The second-order valence-corrected chi connectivity index (χ2v) is 6.26. The molecule has 1 aliphatic carbocycles. The van der Waals surface area contributed by atoms with Gasteiger partial charge in [-0.3, -0.25) is 4.79 Å². The standard InChI is InChI=1S/C15H19BrO3/c1-10(15(17)18)5-12-6-13(16)8-14(7-12)19-9-11-3-2-4-11/h6-8,10-11H,2-5,9H2,1H3,(H,17,18). The number of aliphatic carboxylic acids is 1. The van der Waals surface area contributed by atoms with Crippen molar-refractivity contribution in [3.8, 4) is 5.75 Å². The van der Waals surface area contributed by atoms with Crippen LogP contribution >= 0.6 is 15.9 Å². The lowest BCUT2D eigenvalue weighted by molar-refractivity contribution is -0.141. The average molecular weight is 327 g/mol. The third-order valence-electron chi connectivity index (χ3n) is 3.60. The largest absolute Gasteiger partial charge is 0.493 e. The van der Waals surface area contributed by atoms with Gasteiger partial charge in [0.1, 0.15) is 5.75 Å². The normalized spacial score (nSPS) is 16.7. The molecule has 0 aromatic heterocycles. The third-order valence-corrected chi connectivity index (χ3v) is 4.06. The van der Waals surface area contributed by atoms with Gasteiger partial charge >= 0.3 is 5.97 Å². The van der Waals surface area contributed by atoms with Crippen molar-refractivity contribution in [2.75, 3.05) is 6.61 Å². The van der Waals surface area contributed by atoms with Gasteiger partial charge in [-0.15, -0.1) is 0 Å². The molecular weight excluding hydrogens is 308 g/mol. The zero-order valence-corrected chi connectivity index (χ0v) is 12.6. The first-order valence-electron chi connectivity index (χ1n) is 6.69. The average Bonchev–Trinajstić information content (AvgIpc) is 2.25. The predicted octanol–water partition coefficient (Wildman–Crippen LogP) is 3.89. The number of hydrogen-bond donors (Lipinski definition) is 1. The van der Waals surface area contributed by atoms with Crippen molar-refractivity contribution in [1.29, 1.82) is 0 Å². The summed E-state index contributed by atoms with van der Waals surface area (Å²) in [4.78, 5) is 10.9. The van der Waals surface area contributed by atoms with Crippen LogP contribution in [0.1, 0.15) is 31.7 Å². The molecule has 1 fully saturated rings. The first-order valence-corrected chi connectivity index (χ1v) is 7.49. The van der Waals surface area contributed by atoms with E-state index >= 15 is 0 Å². The highest BCUT2D eigenvalue weighted by molar-refractivity contribution is 9.10. The third kappa shape index (κ3) is 4.23. The van der Waals surface area contributed by atoms with Gasteiger partial charge in [0.15, 0.2) is 0 Å². The first kappa shape index (κ1) is 14.4. The van der Waals surface area contributed by atoms with Gasteiger partial charge in [0, 0.05) is 4.47 Å². The fourth-order valence-electron chi connectivity index (χ4n) is 2.14. The minimum Gasteiger partial charge on any atom is -0.493 e. The molecule has 1 unspecified atom stereocenters. The van der Waals surface area contributed by atoms with Crippen LogP contribution in [0.5, 0.6) is 5.75 Å². The summed E-state index contributed by atoms with van der Waals surface area (Å²) in [6, 6.07) is 5.84. The molecule has 19 heavy (non-hydrogen) atoms. The Morgan fingerprint density at radius 2 is 2.21 bits per heavy atom. The number of carboxylic acid groups (broad SMARTS) is 1. The van der Waals surface area contributed by atoms with Gasteiger partial charge in [0.2, 0.25) is 0 Å². The van der Waals surface area contributed by atoms with Gasteiger partial charge in [0.05, 0.1) is 12.5 Å². The topological polar surface area (TPSA) is 46.5 Å². The monoisotopic (exact) mass is 326 g/mol. The minimum atomic E-state index is -0.767. The van der Waals surface area contributed by atoms with Crippen LogP contribution in [0.4, 0.5) is 0 Å². The molecular formula is C15H19BrO3. The summed E-state index contributed by atoms with van der Waals surface area (Å²) in [7, 11) is 0. The molecule has 3 nitrogen and oxygen atoms in total. The maximum absolute atomic E-state index is 10.9. The SMILES string of the molecule is CC(Cc1cc(Br)cc(OCC2CCC2)c1)C(=O)O. The molecule has 1 aromatic rings. The van der Waals surface area contributed by atoms with Crippen LogP contribution in [0.2, 0.25) is 0 Å². The second kappa shape index (κ2) is 6.42. The maximum atomic E-state index is 10.9. The molecule has 0 aliphatic heterocycles. The van der Waals surface area contributed by atoms with Crippen LogP contribution < -0.4 is 4.74 Å². The van der Waals surface area contributed by atoms with E-state index in [2.05, 4.69) is 15.9 Å². The van der Waals surface area contributed by atoms with E-state index in [-0.39, 0.29) is 5.92 Å². The molecule has 4 heteroatoms. The van der Waals surface area contributed by atoms with E-state index in [0.717, 1.165) is 22.4 Å². The lowest BCUT2D eigenvalue weighted by atomic mass is 9.86. The Morgan fingerprint density at radius 1 is 1.47 bits per heavy atom. The van der Waals surface area contributed by atoms with Crippen LogP contribution in [0.15, 0.2) is 22.7 Å². The summed E-state index contributed by atoms with van der Waals surface area (Å²) in [6.45, 7) is 2.49. The second-order valence-electron chi connectivity index (χ2n) is 5.35. The number of benzene rings is 1. The van der Waals surface area contributed by atoms with E-state index in [4.69, 9.17) is 9.84 Å². The number of ether oxygens (including phenoxy) is 1. The number of carbonyl (C=O) groups is 1. The highest BCUT2D eigenvalue weighted by Gasteiger charge is 2.18. The predicted molar refractivity (Wildman–Crippen MR) is 77.5 cm³/mol. The van der Waals surface area contributed by atoms with Crippen molar-refractivity contribution in [2.24, 2.45) is 11.8 Å². The quantitative estimate of drug-likeness (QED) is 0.862. The van der Waals surface area contributed by atoms with E-state index in [1.807, 2.05) is 18.2 Å². The van der Waals surface area contributed by atoms with E-state index in [1.54, 1.807) is 6.92 Å². The van der Waals surface area contributed by atoms with Gasteiger partial charge < -0.3 is 9.84 Å². The van der Waals surface area contributed by atoms with E-state index < -0.39 is 5.97 Å². The molecule has 1 saturated carbocycles. The molecule has 0 spiro atoms. The van der Waals surface area contributed by atoms with Crippen molar-refractivity contribution in [3.63, 3.8) is 0 Å². The number of hydrogen-bond acceptors (Lipinski definition) is 2. The van der Waals surface area contributed by atoms with Crippen LogP contribution in [-0.4, -0.2) is 17.7 Å². The summed E-state index contributed by atoms with van der Waals surface area (Å²) in [5.41, 5.74) is 0.993. The van der Waals surface area contributed by atoms with Crippen molar-refractivity contribution in [2.45, 2.75) is 32.6 Å². The molecule has 0 bridgehead atoms. The van der Waals surface area contributed by atoms with E-state index in [1.165, 1.54) is 19.3 Å². The Morgan fingerprint density at radius 3 is 2.79 bits per heavy atom. The Labute approximate surface area is 122 Å². The molecule has 1 atom stereocenters. The van der Waals surface area contributed by atoms with Gasteiger partial charge in [-0.05, 0) is 48.9 Å². The zero-order valence-electron chi connectivity index (χ0n) is 11.1. The zero-order chi connectivity index (χ0) is 13.8. The van der Waals surface area contributed by atoms with Crippen LogP contribution in [0.3, 0.4) is 0 Å². The smallest absolute Gasteiger partial charge is 0.306 e. The van der Waals surface area contributed by atoms with E-state index in [0.29, 0.717) is 12.3 Å². The van der Waals surface area contributed by atoms with Crippen LogP contribution in [-0.2, 0) is 11.2 Å². The molecule has 1 N–H and O–H groups in total. The number of halogens is 1. The molecule has 0 radical (unpaired) electrons. The van der Waals surface area contributed by atoms with Gasteiger partial charge in [-0.1, -0.05) is 29.3 Å². The van der Waals surface area contributed by atoms with Crippen LogP contribution in [0.25, 0.3) is 0 Å². The van der Waals surface area contributed by atoms with Crippen molar-refractivity contribution >= 4 is 21.9 Å². The molecule has 0 saturated heterocycles. The Bertz CT molecular complexity index is 455. The summed E-state index contributed by atoms with van der Waals surface area (Å²) < 4.78 is 6.73. The van der Waals surface area contributed by atoms with Crippen LogP contribution in [0, 0.1) is 11.8 Å². The molecule has 0 heterocycles. The molecule has 104 valence electrons. The lowest BCUT2D eigenvalue weighted by Crippen LogP contribution is -2.19. The fourth-order valence-corrected chi connectivity index (χ4v) is 2.66. The maximum Gasteiger partial charge on any atom is 0.306 e. The molecule has 0 amide bonds. The minimum absolute atomic E-state index is 0.381. The summed E-state index contributed by atoms with van der Waals surface area (Å²) >= 11 is 3.45.